The van der Waals surface area contributed by atoms with Crippen molar-refractivity contribution in [3.05, 3.63) is 167 Å². The van der Waals surface area contributed by atoms with E-state index in [0.29, 0.717) is 5.92 Å². The molecule has 2 atom stereocenters. The van der Waals surface area contributed by atoms with Gasteiger partial charge in [0.15, 0.2) is 5.84 Å². The third-order valence-corrected chi connectivity index (χ3v) is 9.09. The van der Waals surface area contributed by atoms with Crippen LogP contribution >= 0.6 is 0 Å². The summed E-state index contributed by atoms with van der Waals surface area (Å²) < 4.78 is 0. The average Bonchev–Trinajstić information content (AvgIpc) is 3.10. The maximum atomic E-state index is 5.35. The third kappa shape index (κ3) is 7.51. The summed E-state index contributed by atoms with van der Waals surface area (Å²) in [5.41, 5.74) is 13.3. The van der Waals surface area contributed by atoms with Crippen molar-refractivity contribution in [3.8, 4) is 22.3 Å². The zero-order valence-electron chi connectivity index (χ0n) is 28.2. The van der Waals surface area contributed by atoms with E-state index in [1.807, 2.05) is 6.07 Å². The number of aliphatic imine (C=N–C) groups is 2. The van der Waals surface area contributed by atoms with E-state index in [4.69, 9.17) is 9.98 Å². The van der Waals surface area contributed by atoms with Crippen LogP contribution in [0.1, 0.15) is 85.9 Å². The van der Waals surface area contributed by atoms with Gasteiger partial charge >= 0.3 is 0 Å². The van der Waals surface area contributed by atoms with Gasteiger partial charge in [0.2, 0.25) is 0 Å². The maximum absolute atomic E-state index is 5.35. The lowest BCUT2D eigenvalue weighted by atomic mass is 9.84. The highest BCUT2D eigenvalue weighted by molar-refractivity contribution is 6.11. The summed E-state index contributed by atoms with van der Waals surface area (Å²) in [6.45, 7) is 13.2. The van der Waals surface area contributed by atoms with E-state index in [0.717, 1.165) is 41.1 Å². The largest absolute Gasteiger partial charge is 0.258 e. The van der Waals surface area contributed by atoms with Gasteiger partial charge in [-0.25, -0.2) is 4.99 Å². The molecule has 5 aromatic carbocycles. The van der Waals surface area contributed by atoms with Crippen LogP contribution in [0.15, 0.2) is 143 Å². The smallest absolute Gasteiger partial charge is 0.155 e. The molecular formula is C44H46N2. The number of benzene rings is 5. The highest BCUT2D eigenvalue weighted by Gasteiger charge is 2.18. The van der Waals surface area contributed by atoms with Gasteiger partial charge in [0.1, 0.15) is 0 Å². The molecule has 5 aromatic rings. The number of hydrogen-bond acceptors (Lipinski definition) is 1. The van der Waals surface area contributed by atoms with Gasteiger partial charge in [0.05, 0.1) is 6.04 Å². The Morgan fingerprint density at radius 3 is 1.89 bits per heavy atom. The summed E-state index contributed by atoms with van der Waals surface area (Å²) in [5.74, 6) is 1.26. The summed E-state index contributed by atoms with van der Waals surface area (Å²) >= 11 is 0. The molecule has 0 saturated heterocycles. The molecule has 0 aliphatic carbocycles. The van der Waals surface area contributed by atoms with Gasteiger partial charge in [-0.3, -0.25) is 4.99 Å². The minimum absolute atomic E-state index is 0.0933. The second kappa shape index (κ2) is 15.5. The number of allylic oxidation sites excluding steroid dienone is 2. The third-order valence-electron chi connectivity index (χ3n) is 9.09. The molecule has 0 spiro atoms. The van der Waals surface area contributed by atoms with Crippen molar-refractivity contribution in [2.75, 3.05) is 0 Å². The molecule has 0 amide bonds. The molecule has 0 fully saturated rings. The molecule has 0 saturated carbocycles. The van der Waals surface area contributed by atoms with E-state index >= 15 is 0 Å². The maximum Gasteiger partial charge on any atom is 0.155 e. The van der Waals surface area contributed by atoms with Gasteiger partial charge in [-0.15, -0.1) is 0 Å². The lowest BCUT2D eigenvalue weighted by Crippen LogP contribution is -2.07. The van der Waals surface area contributed by atoms with E-state index in [1.165, 1.54) is 38.9 Å². The summed E-state index contributed by atoms with van der Waals surface area (Å²) in [6, 6.07) is 42.8. The Kier molecular flexibility index (Phi) is 10.9. The fourth-order valence-electron chi connectivity index (χ4n) is 6.39. The van der Waals surface area contributed by atoms with E-state index < -0.39 is 0 Å². The van der Waals surface area contributed by atoms with Crippen molar-refractivity contribution < 1.29 is 0 Å². The first kappa shape index (κ1) is 32.6. The van der Waals surface area contributed by atoms with Gasteiger partial charge < -0.3 is 0 Å². The first-order valence-electron chi connectivity index (χ1n) is 16.6. The number of hydrogen-bond donors (Lipinski definition) is 0. The summed E-state index contributed by atoms with van der Waals surface area (Å²) in [4.78, 5) is 10.5. The second-order valence-corrected chi connectivity index (χ2v) is 12.1. The van der Waals surface area contributed by atoms with Crippen LogP contribution in [0.25, 0.3) is 22.3 Å². The number of rotatable bonds is 10. The Labute approximate surface area is 276 Å². The normalized spacial score (nSPS) is 13.6. The van der Waals surface area contributed by atoms with Crippen molar-refractivity contribution in [1.29, 1.82) is 0 Å². The van der Waals surface area contributed by atoms with Crippen LogP contribution in [0.2, 0.25) is 0 Å². The predicted octanol–water partition coefficient (Wildman–Crippen LogP) is 12.1. The quantitative estimate of drug-likeness (QED) is 0.0863. The molecule has 0 N–H and O–H groups in total. The van der Waals surface area contributed by atoms with Crippen molar-refractivity contribution >= 4 is 11.5 Å². The van der Waals surface area contributed by atoms with Gasteiger partial charge in [0, 0.05) is 11.3 Å². The Hall–Kier alpha value is -4.82. The average molecular weight is 603 g/mol. The topological polar surface area (TPSA) is 24.7 Å². The fourth-order valence-corrected chi connectivity index (χ4v) is 6.39. The summed E-state index contributed by atoms with van der Waals surface area (Å²) in [5, 5.41) is 0. The highest BCUT2D eigenvalue weighted by Crippen LogP contribution is 2.36. The van der Waals surface area contributed by atoms with Crippen LogP contribution < -0.4 is 0 Å². The lowest BCUT2D eigenvalue weighted by molar-refractivity contribution is 0.670. The molecule has 0 bridgehead atoms. The van der Waals surface area contributed by atoms with E-state index in [9.17, 15) is 0 Å². The van der Waals surface area contributed by atoms with Gasteiger partial charge in [-0.1, -0.05) is 134 Å². The molecule has 2 nitrogen and oxygen atoms in total. The highest BCUT2D eigenvalue weighted by atomic mass is 14.9. The lowest BCUT2D eigenvalue weighted by Gasteiger charge is -2.21. The molecule has 2 heteroatoms. The van der Waals surface area contributed by atoms with Crippen LogP contribution in [0.4, 0.5) is 0 Å². The molecule has 5 rings (SSSR count). The van der Waals surface area contributed by atoms with Gasteiger partial charge in [0.25, 0.3) is 0 Å². The fraction of sp³-hybridized carbons (Fsp3) is 0.227. The van der Waals surface area contributed by atoms with Crippen molar-refractivity contribution in [2.24, 2.45) is 9.98 Å². The Morgan fingerprint density at radius 1 is 0.674 bits per heavy atom. The number of amidine groups is 1. The zero-order valence-corrected chi connectivity index (χ0v) is 28.2. The van der Waals surface area contributed by atoms with Crippen LogP contribution in [-0.4, -0.2) is 11.5 Å². The van der Waals surface area contributed by atoms with E-state index in [-0.39, 0.29) is 6.04 Å². The first-order valence-corrected chi connectivity index (χ1v) is 16.6. The van der Waals surface area contributed by atoms with Crippen LogP contribution in [0.3, 0.4) is 0 Å². The van der Waals surface area contributed by atoms with Crippen LogP contribution in [0, 0.1) is 13.8 Å². The molecule has 0 aliphatic rings. The number of nitrogens with zero attached hydrogens (tertiary/aromatic N) is 2. The van der Waals surface area contributed by atoms with Crippen molar-refractivity contribution in [1.82, 2.24) is 0 Å². The minimum atomic E-state index is -0.0933. The summed E-state index contributed by atoms with van der Waals surface area (Å²) in [7, 11) is 0. The molecule has 232 valence electrons. The van der Waals surface area contributed by atoms with Crippen LogP contribution in [0.5, 0.6) is 0 Å². The Balaban J connectivity index is 1.58. The van der Waals surface area contributed by atoms with E-state index in [2.05, 4.69) is 169 Å². The molecular weight excluding hydrogens is 556 g/mol. The van der Waals surface area contributed by atoms with Gasteiger partial charge in [-0.2, -0.15) is 0 Å². The van der Waals surface area contributed by atoms with Crippen molar-refractivity contribution in [2.45, 2.75) is 66.3 Å². The molecule has 0 radical (unpaired) electrons. The Morgan fingerprint density at radius 2 is 1.24 bits per heavy atom. The predicted molar refractivity (Wildman–Crippen MR) is 199 cm³/mol. The molecule has 0 aromatic heterocycles. The van der Waals surface area contributed by atoms with Crippen LogP contribution in [-0.2, 0) is 0 Å². The Bertz CT molecular complexity index is 1840. The second-order valence-electron chi connectivity index (χ2n) is 12.1. The SMILES string of the molecule is C/C=C\CC(CC)c1cccc(-c2cccc(C(C)/N=C(\N=C(/C)c3ccccc3)c3cccc(-c4ccccc4)c3)c2C)c1C. The molecule has 0 aliphatic heterocycles. The standard InChI is InChI=1S/C44H46N2/c1-7-9-19-35(8-2)41-27-18-29-43(32(41)4)42-28-17-26-40(31(42)3)34(6)46-44(45-33(5)36-20-12-10-13-21-36)39-25-16-24-38(30-39)37-22-14-11-15-23-37/h7,9-18,20-30,34-35H,8,19H2,1-6H3/b9-7-,45-33+,46-44-. The van der Waals surface area contributed by atoms with E-state index in [1.54, 1.807) is 0 Å². The molecule has 2 unspecified atom stereocenters. The molecule has 46 heavy (non-hydrogen) atoms. The zero-order chi connectivity index (χ0) is 32.5. The monoisotopic (exact) mass is 602 g/mol. The van der Waals surface area contributed by atoms with Crippen molar-refractivity contribution in [3.63, 3.8) is 0 Å². The first-order chi connectivity index (χ1) is 22.4. The molecule has 0 heterocycles. The van der Waals surface area contributed by atoms with Gasteiger partial charge in [-0.05, 0) is 110 Å². The summed E-state index contributed by atoms with van der Waals surface area (Å²) in [6.07, 6.45) is 6.64. The minimum Gasteiger partial charge on any atom is -0.258 e.